The molecule has 2 rings (SSSR count). The molecule has 108 valence electrons. The minimum absolute atomic E-state index is 0.0565. The molecule has 0 aromatic carbocycles. The molecule has 2 atom stereocenters. The molecule has 1 aliphatic carbocycles. The van der Waals surface area contributed by atoms with Gasteiger partial charge in [-0.15, -0.1) is 0 Å². The highest BCUT2D eigenvalue weighted by molar-refractivity contribution is 5.89. The van der Waals surface area contributed by atoms with Gasteiger partial charge in [-0.3, -0.25) is 9.59 Å². The Hall–Kier alpha value is -1.06. The predicted molar refractivity (Wildman–Crippen MR) is 74.6 cm³/mol. The van der Waals surface area contributed by atoms with Crippen molar-refractivity contribution in [3.8, 4) is 0 Å². The lowest BCUT2D eigenvalue weighted by Crippen LogP contribution is -2.40. The van der Waals surface area contributed by atoms with Gasteiger partial charge in [0.05, 0.1) is 5.92 Å². The minimum Gasteiger partial charge on any atom is -0.353 e. The van der Waals surface area contributed by atoms with Crippen molar-refractivity contribution in [3.63, 3.8) is 0 Å². The van der Waals surface area contributed by atoms with Crippen molar-refractivity contribution in [2.75, 3.05) is 6.54 Å². The smallest absolute Gasteiger partial charge is 0.225 e. The molecule has 0 aromatic rings. The van der Waals surface area contributed by atoms with Crippen molar-refractivity contribution in [1.82, 2.24) is 10.2 Å². The Kier molecular flexibility index (Phi) is 4.83. The number of likely N-dealkylation sites (tertiary alicyclic amines) is 1. The lowest BCUT2D eigenvalue weighted by Gasteiger charge is -2.31. The van der Waals surface area contributed by atoms with Gasteiger partial charge in [0.1, 0.15) is 0 Å². The van der Waals surface area contributed by atoms with Crippen molar-refractivity contribution in [1.29, 1.82) is 0 Å². The first-order valence-electron chi connectivity index (χ1n) is 7.71. The number of carbonyl (C=O) groups excluding carboxylic acids is 2. The monoisotopic (exact) mass is 266 g/mol. The van der Waals surface area contributed by atoms with E-state index in [1.807, 2.05) is 11.8 Å². The van der Waals surface area contributed by atoms with E-state index in [9.17, 15) is 9.59 Å². The third-order valence-corrected chi connectivity index (χ3v) is 4.55. The summed E-state index contributed by atoms with van der Waals surface area (Å²) in [4.78, 5) is 26.2. The van der Waals surface area contributed by atoms with Gasteiger partial charge in [-0.25, -0.2) is 0 Å². The molecule has 2 aliphatic rings. The number of carbonyl (C=O) groups is 2. The second-order valence-electron chi connectivity index (χ2n) is 6.06. The SMILES string of the molecule is CC[C@H](C)NC(=O)[C@@H]1CC(=O)N(C2CCCCC2)C1. The van der Waals surface area contributed by atoms with Gasteiger partial charge >= 0.3 is 0 Å². The van der Waals surface area contributed by atoms with Crippen LogP contribution in [-0.4, -0.2) is 35.3 Å². The molecular formula is C15H26N2O2. The summed E-state index contributed by atoms with van der Waals surface area (Å²) in [6.07, 6.45) is 7.29. The van der Waals surface area contributed by atoms with Crippen LogP contribution in [0, 0.1) is 5.92 Å². The Morgan fingerprint density at radius 2 is 2.05 bits per heavy atom. The fourth-order valence-electron chi connectivity index (χ4n) is 3.12. The summed E-state index contributed by atoms with van der Waals surface area (Å²) in [6, 6.07) is 0.592. The van der Waals surface area contributed by atoms with E-state index in [0.29, 0.717) is 19.0 Å². The maximum Gasteiger partial charge on any atom is 0.225 e. The quantitative estimate of drug-likeness (QED) is 0.847. The third-order valence-electron chi connectivity index (χ3n) is 4.55. The van der Waals surface area contributed by atoms with Crippen LogP contribution in [0.15, 0.2) is 0 Å². The van der Waals surface area contributed by atoms with E-state index < -0.39 is 0 Å². The first-order chi connectivity index (χ1) is 9.11. The van der Waals surface area contributed by atoms with Crippen LogP contribution in [0.5, 0.6) is 0 Å². The van der Waals surface area contributed by atoms with Gasteiger partial charge in [0.2, 0.25) is 11.8 Å². The maximum atomic E-state index is 12.1. The van der Waals surface area contributed by atoms with Crippen LogP contribution >= 0.6 is 0 Å². The molecule has 1 heterocycles. The Morgan fingerprint density at radius 3 is 2.68 bits per heavy atom. The normalized spacial score (nSPS) is 26.5. The largest absolute Gasteiger partial charge is 0.353 e. The lowest BCUT2D eigenvalue weighted by atomic mass is 9.94. The summed E-state index contributed by atoms with van der Waals surface area (Å²) in [5.74, 6) is 0.0978. The molecule has 19 heavy (non-hydrogen) atoms. The van der Waals surface area contributed by atoms with Gasteiger partial charge in [0.15, 0.2) is 0 Å². The van der Waals surface area contributed by atoms with Crippen LogP contribution < -0.4 is 5.32 Å². The molecule has 4 heteroatoms. The van der Waals surface area contributed by atoms with E-state index in [1.165, 1.54) is 19.3 Å². The minimum atomic E-state index is -0.136. The van der Waals surface area contributed by atoms with Gasteiger partial charge in [-0.05, 0) is 26.2 Å². The molecule has 2 fully saturated rings. The molecular weight excluding hydrogens is 240 g/mol. The van der Waals surface area contributed by atoms with Crippen molar-refractivity contribution in [2.24, 2.45) is 5.92 Å². The molecule has 0 radical (unpaired) electrons. The number of hydrogen-bond donors (Lipinski definition) is 1. The summed E-state index contributed by atoms with van der Waals surface area (Å²) < 4.78 is 0. The Bertz CT molecular complexity index is 337. The summed E-state index contributed by atoms with van der Waals surface area (Å²) >= 11 is 0. The average molecular weight is 266 g/mol. The van der Waals surface area contributed by atoms with Crippen LogP contribution in [0.4, 0.5) is 0 Å². The Balaban J connectivity index is 1.89. The van der Waals surface area contributed by atoms with Gasteiger partial charge in [0, 0.05) is 25.0 Å². The van der Waals surface area contributed by atoms with Crippen molar-refractivity contribution in [2.45, 2.75) is 70.9 Å². The molecule has 1 saturated heterocycles. The van der Waals surface area contributed by atoms with Crippen molar-refractivity contribution in [3.05, 3.63) is 0 Å². The van der Waals surface area contributed by atoms with Crippen LogP contribution in [0.1, 0.15) is 58.8 Å². The summed E-state index contributed by atoms with van der Waals surface area (Å²) in [6.45, 7) is 4.69. The lowest BCUT2D eigenvalue weighted by molar-refractivity contribution is -0.130. The fraction of sp³-hybridized carbons (Fsp3) is 0.867. The number of nitrogens with one attached hydrogen (secondary N) is 1. The highest BCUT2D eigenvalue weighted by atomic mass is 16.2. The first kappa shape index (κ1) is 14.4. The number of amides is 2. The van der Waals surface area contributed by atoms with Gasteiger partial charge in [-0.1, -0.05) is 26.2 Å². The molecule has 0 bridgehead atoms. The fourth-order valence-corrected chi connectivity index (χ4v) is 3.12. The zero-order chi connectivity index (χ0) is 13.8. The molecule has 1 saturated carbocycles. The van der Waals surface area contributed by atoms with Gasteiger partial charge in [0.25, 0.3) is 0 Å². The molecule has 0 unspecified atom stereocenters. The highest BCUT2D eigenvalue weighted by Crippen LogP contribution is 2.28. The summed E-state index contributed by atoms with van der Waals surface area (Å²) in [5.41, 5.74) is 0. The number of nitrogens with zero attached hydrogens (tertiary/aromatic N) is 1. The van der Waals surface area contributed by atoms with Gasteiger partial charge < -0.3 is 10.2 Å². The zero-order valence-electron chi connectivity index (χ0n) is 12.2. The predicted octanol–water partition coefficient (Wildman–Crippen LogP) is 2.08. The van der Waals surface area contributed by atoms with E-state index in [4.69, 9.17) is 0 Å². The van der Waals surface area contributed by atoms with E-state index >= 15 is 0 Å². The van der Waals surface area contributed by atoms with Crippen molar-refractivity contribution >= 4 is 11.8 Å². The van der Waals surface area contributed by atoms with Crippen molar-refractivity contribution < 1.29 is 9.59 Å². The Morgan fingerprint density at radius 1 is 1.37 bits per heavy atom. The van der Waals surface area contributed by atoms with E-state index in [0.717, 1.165) is 19.3 Å². The maximum absolute atomic E-state index is 12.1. The van der Waals surface area contributed by atoms with E-state index in [1.54, 1.807) is 0 Å². The first-order valence-corrected chi connectivity index (χ1v) is 7.71. The molecule has 2 amide bonds. The zero-order valence-corrected chi connectivity index (χ0v) is 12.2. The number of rotatable bonds is 4. The van der Waals surface area contributed by atoms with Gasteiger partial charge in [-0.2, -0.15) is 0 Å². The number of hydrogen-bond acceptors (Lipinski definition) is 2. The van der Waals surface area contributed by atoms with Crippen LogP contribution in [0.2, 0.25) is 0 Å². The van der Waals surface area contributed by atoms with Crippen LogP contribution in [0.25, 0.3) is 0 Å². The molecule has 4 nitrogen and oxygen atoms in total. The molecule has 1 aliphatic heterocycles. The van der Waals surface area contributed by atoms with E-state index in [-0.39, 0.29) is 23.8 Å². The summed E-state index contributed by atoms with van der Waals surface area (Å²) in [5, 5.41) is 3.00. The second kappa shape index (κ2) is 6.40. The highest BCUT2D eigenvalue weighted by Gasteiger charge is 2.38. The Labute approximate surface area is 115 Å². The molecule has 1 N–H and O–H groups in total. The topological polar surface area (TPSA) is 49.4 Å². The van der Waals surface area contributed by atoms with E-state index in [2.05, 4.69) is 12.2 Å². The van der Waals surface area contributed by atoms with Crippen LogP contribution in [-0.2, 0) is 9.59 Å². The second-order valence-corrected chi connectivity index (χ2v) is 6.06. The molecule has 0 spiro atoms. The average Bonchev–Trinajstić information content (AvgIpc) is 2.82. The van der Waals surface area contributed by atoms with Crippen LogP contribution in [0.3, 0.4) is 0 Å². The summed E-state index contributed by atoms with van der Waals surface area (Å²) in [7, 11) is 0. The third kappa shape index (κ3) is 3.48. The standard InChI is InChI=1S/C15H26N2O2/c1-3-11(2)16-15(19)12-9-14(18)17(10-12)13-7-5-4-6-8-13/h11-13H,3-10H2,1-2H3,(H,16,19)/t11-,12+/m0/s1. The molecule has 0 aromatic heterocycles.